The first-order valence-electron chi connectivity index (χ1n) is 11.4. The average Bonchev–Trinajstić information content (AvgIpc) is 2.78. The van der Waals surface area contributed by atoms with E-state index in [-0.39, 0.29) is 18.9 Å². The SMILES string of the molecule is CCCc1ccc(C(=O)N2CCC(CN3CCN(C)CC3C)CC2)cc1.O=CO.O=CO. The smallest absolute Gasteiger partial charge is 0.290 e. The van der Waals surface area contributed by atoms with E-state index in [1.165, 1.54) is 31.7 Å². The van der Waals surface area contributed by atoms with Crippen LogP contribution in [0.1, 0.15) is 49.0 Å². The van der Waals surface area contributed by atoms with Crippen molar-refractivity contribution < 1.29 is 24.6 Å². The van der Waals surface area contributed by atoms with Crippen molar-refractivity contribution in [2.75, 3.05) is 46.3 Å². The molecule has 1 aromatic rings. The normalized spacial score (nSPS) is 19.7. The van der Waals surface area contributed by atoms with E-state index < -0.39 is 0 Å². The quantitative estimate of drug-likeness (QED) is 0.666. The highest BCUT2D eigenvalue weighted by Crippen LogP contribution is 2.22. The lowest BCUT2D eigenvalue weighted by molar-refractivity contribution is -0.123. The van der Waals surface area contributed by atoms with Crippen molar-refractivity contribution in [3.05, 3.63) is 35.4 Å². The van der Waals surface area contributed by atoms with Crippen LogP contribution < -0.4 is 0 Å². The van der Waals surface area contributed by atoms with Crippen molar-refractivity contribution in [3.8, 4) is 0 Å². The number of rotatable bonds is 5. The summed E-state index contributed by atoms with van der Waals surface area (Å²) in [6.07, 6.45) is 4.51. The van der Waals surface area contributed by atoms with E-state index >= 15 is 0 Å². The van der Waals surface area contributed by atoms with Crippen molar-refractivity contribution in [2.45, 2.75) is 45.6 Å². The van der Waals surface area contributed by atoms with Crippen molar-refractivity contribution in [1.29, 1.82) is 0 Å². The maximum atomic E-state index is 12.8. The van der Waals surface area contributed by atoms with Crippen LogP contribution >= 0.6 is 0 Å². The zero-order chi connectivity index (χ0) is 23.9. The molecule has 180 valence electrons. The van der Waals surface area contributed by atoms with Gasteiger partial charge in [0.25, 0.3) is 18.9 Å². The molecule has 1 amide bonds. The fraction of sp³-hybridized carbons (Fsp3) is 0.625. The first-order valence-corrected chi connectivity index (χ1v) is 11.4. The highest BCUT2D eigenvalue weighted by Gasteiger charge is 2.28. The standard InChI is InChI=1S/C22H35N3O.2CH2O2/c1-4-5-19-6-8-21(9-7-19)22(26)24-12-10-20(11-13-24)17-25-15-14-23(3)16-18(25)2;2*2-1-3/h6-9,18,20H,4-5,10-17H2,1-3H3;2*1H,(H,2,3). The molecule has 3 rings (SSSR count). The van der Waals surface area contributed by atoms with Crippen LogP contribution in [0.3, 0.4) is 0 Å². The number of carboxylic acid groups (broad SMARTS) is 2. The highest BCUT2D eigenvalue weighted by atomic mass is 16.3. The Hall–Kier alpha value is -2.45. The number of benzene rings is 1. The molecule has 2 aliphatic rings. The molecule has 0 saturated carbocycles. The number of aryl methyl sites for hydroxylation is 1. The summed E-state index contributed by atoms with van der Waals surface area (Å²) < 4.78 is 0. The highest BCUT2D eigenvalue weighted by molar-refractivity contribution is 5.94. The minimum atomic E-state index is -0.250. The maximum absolute atomic E-state index is 12.8. The maximum Gasteiger partial charge on any atom is 0.290 e. The van der Waals surface area contributed by atoms with Gasteiger partial charge in [0.2, 0.25) is 0 Å². The summed E-state index contributed by atoms with van der Waals surface area (Å²) in [5.74, 6) is 0.941. The summed E-state index contributed by atoms with van der Waals surface area (Å²) in [6, 6.07) is 8.88. The number of nitrogens with zero attached hydrogens (tertiary/aromatic N) is 3. The first-order chi connectivity index (χ1) is 15.4. The number of likely N-dealkylation sites (tertiary alicyclic amines) is 1. The van der Waals surface area contributed by atoms with E-state index in [0.717, 1.165) is 50.3 Å². The summed E-state index contributed by atoms with van der Waals surface area (Å²) in [7, 11) is 2.22. The van der Waals surface area contributed by atoms with Gasteiger partial charge >= 0.3 is 0 Å². The number of carbonyl (C=O) groups excluding carboxylic acids is 1. The van der Waals surface area contributed by atoms with E-state index in [2.05, 4.69) is 47.7 Å². The van der Waals surface area contributed by atoms with Crippen molar-refractivity contribution in [2.24, 2.45) is 5.92 Å². The molecule has 1 unspecified atom stereocenters. The molecule has 0 aliphatic carbocycles. The third-order valence-electron chi connectivity index (χ3n) is 6.10. The number of piperidine rings is 1. The molecule has 2 heterocycles. The predicted molar refractivity (Wildman–Crippen MR) is 125 cm³/mol. The second-order valence-corrected chi connectivity index (χ2v) is 8.50. The fourth-order valence-corrected chi connectivity index (χ4v) is 4.38. The number of likely N-dealkylation sites (N-methyl/N-ethyl adjacent to an activating group) is 1. The van der Waals surface area contributed by atoms with Crippen LogP contribution in [0, 0.1) is 5.92 Å². The minimum Gasteiger partial charge on any atom is -0.483 e. The molecule has 2 N–H and O–H groups in total. The largest absolute Gasteiger partial charge is 0.483 e. The monoisotopic (exact) mass is 449 g/mol. The van der Waals surface area contributed by atoms with Crippen LogP contribution in [-0.2, 0) is 16.0 Å². The van der Waals surface area contributed by atoms with Gasteiger partial charge in [0.1, 0.15) is 0 Å². The van der Waals surface area contributed by atoms with Gasteiger partial charge in [-0.05, 0) is 56.8 Å². The average molecular weight is 450 g/mol. The fourth-order valence-electron chi connectivity index (χ4n) is 4.38. The Labute approximate surface area is 191 Å². The Morgan fingerprint density at radius 3 is 2.09 bits per heavy atom. The summed E-state index contributed by atoms with van der Waals surface area (Å²) >= 11 is 0. The van der Waals surface area contributed by atoms with E-state index in [4.69, 9.17) is 19.8 Å². The number of hydrogen-bond acceptors (Lipinski definition) is 5. The summed E-state index contributed by atoms with van der Waals surface area (Å²) in [6.45, 7) is 10.6. The summed E-state index contributed by atoms with van der Waals surface area (Å²) in [5.41, 5.74) is 2.17. The number of piperazine rings is 1. The second kappa shape index (κ2) is 15.4. The molecule has 8 nitrogen and oxygen atoms in total. The number of amides is 1. The molecule has 0 aromatic heterocycles. The van der Waals surface area contributed by atoms with Crippen molar-refractivity contribution in [3.63, 3.8) is 0 Å². The Morgan fingerprint density at radius 2 is 1.59 bits per heavy atom. The van der Waals surface area contributed by atoms with Gasteiger partial charge in [0, 0.05) is 50.9 Å². The van der Waals surface area contributed by atoms with Gasteiger partial charge in [0.05, 0.1) is 0 Å². The van der Waals surface area contributed by atoms with Crippen LogP contribution in [-0.4, -0.2) is 96.1 Å². The van der Waals surface area contributed by atoms with Crippen LogP contribution in [0.15, 0.2) is 24.3 Å². The summed E-state index contributed by atoms with van der Waals surface area (Å²) in [4.78, 5) is 36.6. The Kier molecular flexibility index (Phi) is 13.2. The van der Waals surface area contributed by atoms with E-state index in [9.17, 15) is 4.79 Å². The van der Waals surface area contributed by atoms with Crippen molar-refractivity contribution in [1.82, 2.24) is 14.7 Å². The van der Waals surface area contributed by atoms with Gasteiger partial charge in [-0.1, -0.05) is 25.5 Å². The zero-order valence-corrected chi connectivity index (χ0v) is 19.7. The van der Waals surface area contributed by atoms with Gasteiger partial charge in [-0.3, -0.25) is 19.3 Å². The molecule has 2 fully saturated rings. The third kappa shape index (κ3) is 9.36. The third-order valence-corrected chi connectivity index (χ3v) is 6.10. The number of hydrogen-bond donors (Lipinski definition) is 2. The lowest BCUT2D eigenvalue weighted by atomic mass is 9.94. The molecule has 0 spiro atoms. The Morgan fingerprint density at radius 1 is 1.03 bits per heavy atom. The zero-order valence-electron chi connectivity index (χ0n) is 19.7. The molecular weight excluding hydrogens is 410 g/mol. The lowest BCUT2D eigenvalue weighted by Crippen LogP contribution is -2.52. The predicted octanol–water partition coefficient (Wildman–Crippen LogP) is 2.53. The topological polar surface area (TPSA) is 101 Å². The summed E-state index contributed by atoms with van der Waals surface area (Å²) in [5, 5.41) is 13.8. The van der Waals surface area contributed by atoms with Gasteiger partial charge in [-0.15, -0.1) is 0 Å². The second-order valence-electron chi connectivity index (χ2n) is 8.50. The molecule has 2 aliphatic heterocycles. The first kappa shape index (κ1) is 27.6. The molecule has 2 saturated heterocycles. The van der Waals surface area contributed by atoms with E-state index in [1.54, 1.807) is 0 Å². The van der Waals surface area contributed by atoms with Crippen LogP contribution in [0.4, 0.5) is 0 Å². The van der Waals surface area contributed by atoms with Crippen molar-refractivity contribution >= 4 is 18.9 Å². The van der Waals surface area contributed by atoms with Crippen LogP contribution in [0.2, 0.25) is 0 Å². The molecule has 32 heavy (non-hydrogen) atoms. The molecule has 1 atom stereocenters. The van der Waals surface area contributed by atoms with Gasteiger partial charge in [-0.2, -0.15) is 0 Å². The molecule has 0 bridgehead atoms. The van der Waals surface area contributed by atoms with E-state index in [0.29, 0.717) is 6.04 Å². The Balaban J connectivity index is 0.000000769. The van der Waals surface area contributed by atoms with Gasteiger partial charge in [0.15, 0.2) is 0 Å². The molecule has 1 aromatic carbocycles. The number of carbonyl (C=O) groups is 3. The van der Waals surface area contributed by atoms with Crippen LogP contribution in [0.5, 0.6) is 0 Å². The molecular formula is C24H39N3O5. The van der Waals surface area contributed by atoms with Gasteiger partial charge in [-0.25, -0.2) is 0 Å². The van der Waals surface area contributed by atoms with Gasteiger partial charge < -0.3 is 20.0 Å². The molecule has 0 radical (unpaired) electrons. The molecule has 8 heteroatoms. The van der Waals surface area contributed by atoms with E-state index in [1.807, 2.05) is 12.1 Å². The van der Waals surface area contributed by atoms with Crippen LogP contribution in [0.25, 0.3) is 0 Å². The minimum absolute atomic E-state index is 0.208. The Bertz CT molecular complexity index is 669. The lowest BCUT2D eigenvalue weighted by Gasteiger charge is -2.41.